The summed E-state index contributed by atoms with van der Waals surface area (Å²) >= 11 is 19.0. The van der Waals surface area contributed by atoms with Crippen molar-refractivity contribution in [1.82, 2.24) is 29.3 Å². The smallest absolute Gasteiger partial charge is 0.278 e. The predicted molar refractivity (Wildman–Crippen MR) is 558 cm³/mol. The summed E-state index contributed by atoms with van der Waals surface area (Å²) in [6, 6.07) is 58.2. The third kappa shape index (κ3) is 26.6. The van der Waals surface area contributed by atoms with Crippen molar-refractivity contribution in [1.29, 1.82) is 0 Å². The molecule has 0 saturated carbocycles. The minimum Gasteiger partial charge on any atom is -0.507 e. The lowest BCUT2D eigenvalue weighted by Gasteiger charge is -2.17. The molecule has 768 valence electrons. The first-order valence-corrected chi connectivity index (χ1v) is 49.5. The number of alkyl halides is 3. The van der Waals surface area contributed by atoms with Gasteiger partial charge in [0, 0.05) is 129 Å². The van der Waals surface area contributed by atoms with Crippen molar-refractivity contribution in [3.63, 3.8) is 0 Å². The van der Waals surface area contributed by atoms with E-state index in [0.717, 1.165) is 49.0 Å². The standard InChI is InChI=1S/3C36H37ClN4O8/c37-20-25-21-41(31-19-32(43)28-3-1-2-4-29(28)34(25)31)36(45)30-23-40-22-26(7-10-33(40)39-30)38-35(44)24-5-8-27(9-6-24)49-18-17-48-16-15-47-14-13-46-12-11-42;37-20-25-22-41(31-19-32(43)28-3-1-2-4-29(28)33(25)31)36(45)30-18-24-17-26(21-38-34(24)40-30)39-35(44)23-5-7-27(8-6-23)49-16-15-48-14-13-47-12-11-46-10-9-42;37-20-25-22-41(31-19-32(43)27-3-1-2-4-28(27)34(25)31)36(45)29-17-24-18-33(38-21-30(24)39-29)40-35(44)23-5-7-26(8-6-23)49-16-15-48-14-13-47-12-11-46-10-9-42/h1-10,19,22-23,25,42-43H,11-18,20-21H2,(H,38,44);1-8,17-19,21,25,42-43H,9-16,20,22H2,(H,38,40)(H,39,44);1-8,17-19,21,25,39,42-43H,9-16,20,22H2,(H,38,40,44)/t3*25-/m111/s1. The van der Waals surface area contributed by atoms with Gasteiger partial charge < -0.3 is 133 Å². The van der Waals surface area contributed by atoms with Gasteiger partial charge in [0.05, 0.1) is 185 Å². The summed E-state index contributed by atoms with van der Waals surface area (Å²) in [5, 5.41) is 72.8. The van der Waals surface area contributed by atoms with E-state index in [2.05, 4.69) is 40.9 Å². The molecule has 11 N–H and O–H groups in total. The van der Waals surface area contributed by atoms with Gasteiger partial charge in [0.25, 0.3) is 35.4 Å². The van der Waals surface area contributed by atoms with Crippen LogP contribution in [0.1, 0.15) is 97.0 Å². The highest BCUT2D eigenvalue weighted by molar-refractivity contribution is 6.21. The third-order valence-electron chi connectivity index (χ3n) is 24.4. The van der Waals surface area contributed by atoms with E-state index >= 15 is 0 Å². The fraction of sp³-hybridized carbons (Fsp3) is 0.306. The normalized spacial score (nSPS) is 14.0. The van der Waals surface area contributed by atoms with E-state index in [1.54, 1.807) is 165 Å². The van der Waals surface area contributed by atoms with E-state index in [1.807, 2.05) is 72.8 Å². The van der Waals surface area contributed by atoms with Crippen LogP contribution in [0.5, 0.6) is 34.5 Å². The van der Waals surface area contributed by atoms with Crippen LogP contribution in [0.4, 0.5) is 34.3 Å². The van der Waals surface area contributed by atoms with Crippen LogP contribution in [-0.4, -0.2) is 291 Å². The zero-order valence-corrected chi connectivity index (χ0v) is 82.4. The van der Waals surface area contributed by atoms with Crippen molar-refractivity contribution < 1.29 is 116 Å². The molecule has 36 nitrogen and oxygen atoms in total. The number of anilines is 6. The van der Waals surface area contributed by atoms with E-state index in [1.165, 1.54) is 6.20 Å². The number of hydrogen-bond donors (Lipinski definition) is 11. The number of benzene rings is 9. The highest BCUT2D eigenvalue weighted by Gasteiger charge is 2.40. The maximum absolute atomic E-state index is 13.8. The van der Waals surface area contributed by atoms with Crippen molar-refractivity contribution in [2.45, 2.75) is 17.8 Å². The Morgan fingerprint density at radius 1 is 0.354 bits per heavy atom. The van der Waals surface area contributed by atoms with Gasteiger partial charge in [0.2, 0.25) is 0 Å². The number of aromatic nitrogens is 6. The molecule has 0 unspecified atom stereocenters. The number of hydrogen-bond acceptors (Lipinski definition) is 27. The number of aliphatic hydroxyl groups excluding tert-OH is 3. The van der Waals surface area contributed by atoms with Crippen molar-refractivity contribution in [2.24, 2.45) is 0 Å². The van der Waals surface area contributed by atoms with Crippen molar-refractivity contribution in [3.8, 4) is 34.5 Å². The van der Waals surface area contributed by atoms with Gasteiger partial charge in [-0.1, -0.05) is 72.8 Å². The summed E-state index contributed by atoms with van der Waals surface area (Å²) in [5.74, 6) is 1.36. The van der Waals surface area contributed by atoms with Crippen molar-refractivity contribution in [3.05, 3.63) is 275 Å². The second-order valence-electron chi connectivity index (χ2n) is 34.1. The SMILES string of the molecule is O=C(Nc1cc2cc(C(=O)N3C[C@@H](CCl)c4c3cc(O)c3ccccc43)[nH]c2cn1)c1ccc(OCCOCCOCCOCCO)cc1.O=C(Nc1ccc2nc(C(=O)N3C[C@@H](CCl)c4c3cc(O)c3ccccc43)cn2c1)c1ccc(OCCOCCOCCOCCO)cc1.O=C(Nc1cnc2[nH]c(C(=O)N3C[C@@H](CCl)c4c3cc(O)c3ccccc43)cc2c1)c1ccc(OCCOCCOCCOCCO)cc1. The van der Waals surface area contributed by atoms with E-state index < -0.39 is 0 Å². The molecule has 9 heterocycles. The number of halogens is 3. The molecule has 0 fully saturated rings. The van der Waals surface area contributed by atoms with Gasteiger partial charge in [0.1, 0.15) is 88.5 Å². The number of ether oxygens (including phenoxy) is 12. The Hall–Kier alpha value is -14.2. The topological polar surface area (TPSA) is 455 Å². The number of imidazole rings is 1. The van der Waals surface area contributed by atoms with E-state index in [-0.39, 0.29) is 96.0 Å². The number of nitrogens with one attached hydrogen (secondary N) is 5. The van der Waals surface area contributed by atoms with Crippen molar-refractivity contribution >= 4 is 164 Å². The first-order chi connectivity index (χ1) is 71.9. The minimum atomic E-state index is -0.344. The van der Waals surface area contributed by atoms with E-state index in [9.17, 15) is 44.1 Å². The first-order valence-electron chi connectivity index (χ1n) is 47.9. The molecule has 0 radical (unpaired) electrons. The number of carbonyl (C=O) groups excluding carboxylic acids is 6. The number of rotatable bonds is 48. The molecule has 6 aromatic heterocycles. The summed E-state index contributed by atoms with van der Waals surface area (Å²) in [6.45, 7) is 9.39. The Morgan fingerprint density at radius 3 is 1.10 bits per heavy atom. The number of aliphatic hydroxyl groups is 3. The van der Waals surface area contributed by atoms with Gasteiger partial charge in [-0.25, -0.2) is 15.0 Å². The average Bonchev–Trinajstić information content (AvgIpc) is 1.60. The molecule has 3 atom stereocenters. The fourth-order valence-corrected chi connectivity index (χ4v) is 18.2. The lowest BCUT2D eigenvalue weighted by Crippen LogP contribution is -2.30. The highest BCUT2D eigenvalue weighted by atomic mass is 35.5. The Morgan fingerprint density at radius 2 is 0.707 bits per heavy atom. The van der Waals surface area contributed by atoms with Crippen LogP contribution in [0.2, 0.25) is 0 Å². The molecule has 147 heavy (non-hydrogen) atoms. The maximum atomic E-state index is 13.8. The van der Waals surface area contributed by atoms with Gasteiger partial charge in [-0.15, -0.1) is 34.8 Å². The second-order valence-corrected chi connectivity index (χ2v) is 35.0. The van der Waals surface area contributed by atoms with Crippen LogP contribution in [0, 0.1) is 0 Å². The summed E-state index contributed by atoms with van der Waals surface area (Å²) in [5.41, 5.74) is 9.62. The zero-order valence-electron chi connectivity index (χ0n) is 80.1. The van der Waals surface area contributed by atoms with Crippen molar-refractivity contribution in [2.75, 3.05) is 226 Å². The number of H-pyrrole nitrogens is 2. The summed E-state index contributed by atoms with van der Waals surface area (Å²) in [6.07, 6.45) is 6.42. The van der Waals surface area contributed by atoms with Crippen LogP contribution in [0.15, 0.2) is 225 Å². The molecule has 3 aliphatic heterocycles. The molecule has 0 aliphatic carbocycles. The fourth-order valence-electron chi connectivity index (χ4n) is 17.4. The van der Waals surface area contributed by atoms with E-state index in [4.69, 9.17) is 107 Å². The predicted octanol–water partition coefficient (Wildman–Crippen LogP) is 15.0. The van der Waals surface area contributed by atoms with Crippen LogP contribution >= 0.6 is 34.8 Å². The Balaban J connectivity index is 0.000000158. The van der Waals surface area contributed by atoms with Gasteiger partial charge in [-0.3, -0.25) is 28.8 Å². The molecule has 0 saturated heterocycles. The van der Waals surface area contributed by atoms with Gasteiger partial charge in [-0.2, -0.15) is 0 Å². The molecular formula is C108H111Cl3N12O24. The molecule has 18 rings (SSSR count). The van der Waals surface area contributed by atoms with Crippen LogP contribution in [0.25, 0.3) is 59.9 Å². The summed E-state index contributed by atoms with van der Waals surface area (Å²) in [4.78, 5) is 105. The molecular weight excluding hydrogens is 1960 g/mol. The Labute approximate surface area is 859 Å². The van der Waals surface area contributed by atoms with E-state index in [0.29, 0.717) is 283 Å². The quantitative estimate of drug-likeness (QED) is 0.0125. The Bertz CT molecular complexity index is 6400. The largest absolute Gasteiger partial charge is 0.507 e. The molecule has 39 heteroatoms. The molecule has 0 spiro atoms. The van der Waals surface area contributed by atoms with Crippen LogP contribution in [-0.2, 0) is 42.6 Å². The van der Waals surface area contributed by atoms with Gasteiger partial charge >= 0.3 is 0 Å². The number of phenolic OH excluding ortho intramolecular Hbond substituents is 3. The third-order valence-corrected chi connectivity index (χ3v) is 25.5. The van der Waals surface area contributed by atoms with Crippen LogP contribution in [0.3, 0.4) is 0 Å². The monoisotopic (exact) mass is 2060 g/mol. The first kappa shape index (κ1) is 106. The van der Waals surface area contributed by atoms with Crippen LogP contribution < -0.4 is 44.9 Å². The summed E-state index contributed by atoms with van der Waals surface area (Å²) in [7, 11) is 0. The number of nitrogens with zero attached hydrogens (tertiary/aromatic N) is 7. The molecule has 9 aromatic carbocycles. The second kappa shape index (κ2) is 52.2. The summed E-state index contributed by atoms with van der Waals surface area (Å²) < 4.78 is 66.6. The van der Waals surface area contributed by atoms with Gasteiger partial charge in [-0.05, 0) is 142 Å². The number of carbonyl (C=O) groups is 6. The number of aromatic amines is 2. The number of pyridine rings is 3. The lowest BCUT2D eigenvalue weighted by atomic mass is 9.95. The van der Waals surface area contributed by atoms with Gasteiger partial charge in [0.15, 0.2) is 0 Å². The molecule has 3 aliphatic rings. The maximum Gasteiger partial charge on any atom is 0.278 e. The number of aromatic hydroxyl groups is 3. The average molecular weight is 2070 g/mol. The molecule has 15 aromatic rings. The minimum absolute atomic E-state index is 0.00506. The highest BCUT2D eigenvalue weighted by Crippen LogP contribution is 2.50. The zero-order chi connectivity index (χ0) is 102. The number of amides is 6. The lowest BCUT2D eigenvalue weighted by molar-refractivity contribution is 0.00361. The number of fused-ring (bicyclic) bond motifs is 12. The number of phenols is 3. The Kier molecular flexibility index (Phi) is 37.5. The molecule has 6 amide bonds. The molecule has 0 bridgehead atoms.